The molecule has 0 saturated carbocycles. The van der Waals surface area contributed by atoms with Crippen molar-refractivity contribution in [3.8, 4) is 28.7 Å². The first-order chi connectivity index (χ1) is 8.78. The molecule has 0 aliphatic heterocycles. The lowest BCUT2D eigenvalue weighted by molar-refractivity contribution is 0.414. The van der Waals surface area contributed by atoms with Crippen LogP contribution in [-0.4, -0.2) is 14.2 Å². The number of nitriles is 1. The van der Waals surface area contributed by atoms with Crippen LogP contribution in [0.3, 0.4) is 0 Å². The second-order valence-corrected chi connectivity index (χ2v) is 3.75. The van der Waals surface area contributed by atoms with Crippen molar-refractivity contribution in [1.29, 1.82) is 5.26 Å². The number of rotatable bonds is 3. The smallest absolute Gasteiger partial charge is 0.120 e. The Morgan fingerprint density at radius 3 is 2.06 bits per heavy atom. The van der Waals surface area contributed by atoms with Crippen LogP contribution in [0.15, 0.2) is 42.5 Å². The van der Waals surface area contributed by atoms with Crippen LogP contribution in [0, 0.1) is 11.3 Å². The van der Waals surface area contributed by atoms with Crippen molar-refractivity contribution in [3.05, 3.63) is 48.0 Å². The highest BCUT2D eigenvalue weighted by molar-refractivity contribution is 5.72. The summed E-state index contributed by atoms with van der Waals surface area (Å²) in [6.07, 6.45) is 0. The predicted octanol–water partition coefficient (Wildman–Crippen LogP) is 3.24. The zero-order chi connectivity index (χ0) is 13.0. The third-order valence-electron chi connectivity index (χ3n) is 2.75. The zero-order valence-corrected chi connectivity index (χ0v) is 10.3. The van der Waals surface area contributed by atoms with Gasteiger partial charge in [-0.25, -0.2) is 0 Å². The maximum absolute atomic E-state index is 9.17. The van der Waals surface area contributed by atoms with E-state index in [0.717, 1.165) is 16.9 Å². The number of nitrogens with zero attached hydrogens (tertiary/aromatic N) is 1. The molecule has 0 aliphatic carbocycles. The molecule has 3 nitrogen and oxygen atoms in total. The van der Waals surface area contributed by atoms with Gasteiger partial charge >= 0.3 is 0 Å². The molecule has 18 heavy (non-hydrogen) atoms. The van der Waals surface area contributed by atoms with Gasteiger partial charge in [0.25, 0.3) is 0 Å². The van der Waals surface area contributed by atoms with E-state index in [1.807, 2.05) is 36.4 Å². The molecule has 0 saturated heterocycles. The zero-order valence-electron chi connectivity index (χ0n) is 10.3. The number of benzene rings is 2. The molecule has 0 heterocycles. The normalized spacial score (nSPS) is 9.61. The van der Waals surface area contributed by atoms with Crippen molar-refractivity contribution >= 4 is 0 Å². The van der Waals surface area contributed by atoms with Crippen LogP contribution in [0.5, 0.6) is 11.5 Å². The molecular weight excluding hydrogens is 226 g/mol. The minimum atomic E-state index is 0.597. The lowest BCUT2D eigenvalue weighted by atomic mass is 10.00. The van der Waals surface area contributed by atoms with E-state index in [4.69, 9.17) is 9.47 Å². The van der Waals surface area contributed by atoms with Gasteiger partial charge in [0.2, 0.25) is 0 Å². The van der Waals surface area contributed by atoms with Crippen molar-refractivity contribution < 1.29 is 9.47 Å². The number of hydrogen-bond acceptors (Lipinski definition) is 3. The molecule has 90 valence electrons. The van der Waals surface area contributed by atoms with Crippen LogP contribution in [-0.2, 0) is 0 Å². The fourth-order valence-electron chi connectivity index (χ4n) is 1.77. The monoisotopic (exact) mass is 239 g/mol. The van der Waals surface area contributed by atoms with E-state index in [-0.39, 0.29) is 0 Å². The summed E-state index contributed by atoms with van der Waals surface area (Å²) in [6.45, 7) is 0. The number of hydrogen-bond donors (Lipinski definition) is 0. The molecule has 2 aromatic carbocycles. The summed E-state index contributed by atoms with van der Waals surface area (Å²) in [5, 5.41) is 9.17. The Kier molecular flexibility index (Phi) is 3.49. The molecular formula is C15H13NO2. The van der Waals surface area contributed by atoms with Gasteiger partial charge in [0, 0.05) is 0 Å². The maximum Gasteiger partial charge on any atom is 0.120 e. The molecule has 0 atom stereocenters. The van der Waals surface area contributed by atoms with Crippen molar-refractivity contribution in [3.63, 3.8) is 0 Å². The van der Waals surface area contributed by atoms with Crippen molar-refractivity contribution in [2.75, 3.05) is 14.2 Å². The molecule has 0 N–H and O–H groups in total. The minimum absolute atomic E-state index is 0.597. The topological polar surface area (TPSA) is 42.2 Å². The van der Waals surface area contributed by atoms with Gasteiger partial charge in [0.15, 0.2) is 0 Å². The van der Waals surface area contributed by atoms with E-state index >= 15 is 0 Å². The summed E-state index contributed by atoms with van der Waals surface area (Å²) in [4.78, 5) is 0. The van der Waals surface area contributed by atoms with E-state index in [9.17, 15) is 5.26 Å². The second-order valence-electron chi connectivity index (χ2n) is 3.75. The summed E-state index contributed by atoms with van der Waals surface area (Å²) in [5.74, 6) is 1.48. The molecule has 2 aromatic rings. The van der Waals surface area contributed by atoms with Gasteiger partial charge in [-0.3, -0.25) is 0 Å². The van der Waals surface area contributed by atoms with E-state index in [2.05, 4.69) is 6.07 Å². The highest BCUT2D eigenvalue weighted by Gasteiger charge is 2.06. The standard InChI is InChI=1S/C15H13NO2/c1-17-13-5-3-11(4-6-13)15-8-7-14(18-2)9-12(15)10-16/h3-9H,1-2H3. The van der Waals surface area contributed by atoms with Gasteiger partial charge in [-0.1, -0.05) is 12.1 Å². The quantitative estimate of drug-likeness (QED) is 0.825. The Labute approximate surface area is 106 Å². The van der Waals surface area contributed by atoms with Crippen LogP contribution in [0.4, 0.5) is 0 Å². The Morgan fingerprint density at radius 1 is 0.889 bits per heavy atom. The summed E-state index contributed by atoms with van der Waals surface area (Å²) in [6, 6.07) is 15.3. The summed E-state index contributed by atoms with van der Waals surface area (Å²) >= 11 is 0. The van der Waals surface area contributed by atoms with Crippen LogP contribution < -0.4 is 9.47 Å². The molecule has 3 heteroatoms. The molecule has 0 unspecified atom stereocenters. The highest BCUT2D eigenvalue weighted by Crippen LogP contribution is 2.28. The summed E-state index contributed by atoms with van der Waals surface area (Å²) in [7, 11) is 3.21. The minimum Gasteiger partial charge on any atom is -0.497 e. The maximum atomic E-state index is 9.17. The fraction of sp³-hybridized carbons (Fsp3) is 0.133. The molecule has 0 bridgehead atoms. The molecule has 0 aliphatic rings. The van der Waals surface area contributed by atoms with E-state index < -0.39 is 0 Å². The van der Waals surface area contributed by atoms with Crippen LogP contribution in [0.2, 0.25) is 0 Å². The average molecular weight is 239 g/mol. The Balaban J connectivity index is 2.46. The van der Waals surface area contributed by atoms with E-state index in [1.165, 1.54) is 0 Å². The average Bonchev–Trinajstić information content (AvgIpc) is 2.46. The van der Waals surface area contributed by atoms with E-state index in [1.54, 1.807) is 20.3 Å². The third kappa shape index (κ3) is 2.28. The lowest BCUT2D eigenvalue weighted by Crippen LogP contribution is -1.88. The van der Waals surface area contributed by atoms with Gasteiger partial charge in [-0.2, -0.15) is 5.26 Å². The predicted molar refractivity (Wildman–Crippen MR) is 69.7 cm³/mol. The largest absolute Gasteiger partial charge is 0.497 e. The summed E-state index contributed by atoms with van der Waals surface area (Å²) in [5.41, 5.74) is 2.47. The lowest BCUT2D eigenvalue weighted by Gasteiger charge is -2.07. The first kappa shape index (κ1) is 12.0. The highest BCUT2D eigenvalue weighted by atomic mass is 16.5. The van der Waals surface area contributed by atoms with Crippen LogP contribution >= 0.6 is 0 Å². The van der Waals surface area contributed by atoms with E-state index in [0.29, 0.717) is 11.3 Å². The molecule has 0 radical (unpaired) electrons. The Morgan fingerprint density at radius 2 is 1.50 bits per heavy atom. The van der Waals surface area contributed by atoms with Crippen LogP contribution in [0.1, 0.15) is 5.56 Å². The van der Waals surface area contributed by atoms with Gasteiger partial charge in [-0.05, 0) is 41.5 Å². The van der Waals surface area contributed by atoms with Gasteiger partial charge in [0.1, 0.15) is 11.5 Å². The molecule has 2 rings (SSSR count). The molecule has 0 fully saturated rings. The third-order valence-corrected chi connectivity index (χ3v) is 2.75. The van der Waals surface area contributed by atoms with Crippen LogP contribution in [0.25, 0.3) is 11.1 Å². The molecule has 0 amide bonds. The summed E-state index contributed by atoms with van der Waals surface area (Å²) < 4.78 is 10.2. The van der Waals surface area contributed by atoms with Gasteiger partial charge in [-0.15, -0.1) is 0 Å². The Bertz CT molecular complexity index is 582. The van der Waals surface area contributed by atoms with Gasteiger partial charge in [0.05, 0.1) is 25.9 Å². The van der Waals surface area contributed by atoms with Crippen molar-refractivity contribution in [2.24, 2.45) is 0 Å². The molecule has 0 spiro atoms. The first-order valence-electron chi connectivity index (χ1n) is 5.51. The van der Waals surface area contributed by atoms with Crippen molar-refractivity contribution in [1.82, 2.24) is 0 Å². The first-order valence-corrected chi connectivity index (χ1v) is 5.51. The van der Waals surface area contributed by atoms with Crippen molar-refractivity contribution in [2.45, 2.75) is 0 Å². The fourth-order valence-corrected chi connectivity index (χ4v) is 1.77. The number of methoxy groups -OCH3 is 2. The molecule has 0 aromatic heterocycles. The SMILES string of the molecule is COc1ccc(-c2ccc(OC)cc2C#N)cc1. The Hall–Kier alpha value is -2.47. The second kappa shape index (κ2) is 5.24. The van der Waals surface area contributed by atoms with Gasteiger partial charge < -0.3 is 9.47 Å². The number of ether oxygens (including phenoxy) is 2.